The quantitative estimate of drug-likeness (QED) is 0.106. The molecule has 2 amide bonds. The number of anilines is 1. The first-order chi connectivity index (χ1) is 28.9. The molecule has 0 unspecified atom stereocenters. The summed E-state index contributed by atoms with van der Waals surface area (Å²) in [6, 6.07) is 45.2. The summed E-state index contributed by atoms with van der Waals surface area (Å²) >= 11 is 0. The van der Waals surface area contributed by atoms with Gasteiger partial charge < -0.3 is 39.4 Å². The first-order valence-corrected chi connectivity index (χ1v) is 20.0. The van der Waals surface area contributed by atoms with Crippen LogP contribution in [0.25, 0.3) is 11.1 Å². The number of carbonyl (C=O) groups excluding carboxylic acids is 1. The second-order valence-corrected chi connectivity index (χ2v) is 14.9. The Hall–Kier alpha value is -6.17. The number of nitrogens with one attached hydrogen (secondary N) is 2. The zero-order valence-electron chi connectivity index (χ0n) is 33.3. The summed E-state index contributed by atoms with van der Waals surface area (Å²) in [7, 11) is 3.34. The van der Waals surface area contributed by atoms with Crippen LogP contribution >= 0.6 is 0 Å². The summed E-state index contributed by atoms with van der Waals surface area (Å²) < 4.78 is 30.4. The molecule has 10 nitrogen and oxygen atoms in total. The summed E-state index contributed by atoms with van der Waals surface area (Å²) in [6.45, 7) is 2.83. The SMILES string of the molecule is COc1cc2c(cc1OC)CN(C[C@@H]1C[C@H](c3ccc(CO)cc3)O[C@H](c3ccc(-c4cccc(CNC(=O)Nc5ccc(Oc6ccccc6)cc5)c4)cc3)O1)CC2. The number of nitrogens with zero attached hydrogens (tertiary/aromatic N) is 1. The van der Waals surface area contributed by atoms with Crippen LogP contribution in [0.4, 0.5) is 10.5 Å². The van der Waals surface area contributed by atoms with Gasteiger partial charge >= 0.3 is 6.03 Å². The Morgan fingerprint density at radius 2 is 1.44 bits per heavy atom. The highest BCUT2D eigenvalue weighted by Crippen LogP contribution is 2.40. The Bertz CT molecular complexity index is 2320. The Balaban J connectivity index is 0.908. The smallest absolute Gasteiger partial charge is 0.319 e. The van der Waals surface area contributed by atoms with E-state index in [1.54, 1.807) is 14.2 Å². The molecule has 6 aromatic carbocycles. The van der Waals surface area contributed by atoms with Crippen LogP contribution in [0.3, 0.4) is 0 Å². The van der Waals surface area contributed by atoms with Crippen LogP contribution in [0.2, 0.25) is 0 Å². The molecule has 1 saturated heterocycles. The van der Waals surface area contributed by atoms with Gasteiger partial charge in [0.15, 0.2) is 17.8 Å². The summed E-state index contributed by atoms with van der Waals surface area (Å²) in [5, 5.41) is 15.5. The molecular weight excluding hydrogens is 743 g/mol. The lowest BCUT2D eigenvalue weighted by molar-refractivity contribution is -0.253. The summed E-state index contributed by atoms with van der Waals surface area (Å²) in [5.41, 5.74) is 9.10. The van der Waals surface area contributed by atoms with E-state index >= 15 is 0 Å². The van der Waals surface area contributed by atoms with Crippen LogP contribution in [-0.4, -0.2) is 49.5 Å². The van der Waals surface area contributed by atoms with Crippen LogP contribution in [0, 0.1) is 0 Å². The van der Waals surface area contributed by atoms with E-state index in [1.165, 1.54) is 11.1 Å². The van der Waals surface area contributed by atoms with Crippen molar-refractivity contribution in [1.29, 1.82) is 0 Å². The standard InChI is InChI=1S/C49H49N3O7/c1-55-46-26-39-23-24-52(30-40(39)27-47(46)56-2)31-44-28-45(36-13-11-33(32-53)12-14-36)59-48(58-44)37-17-15-35(16-18-37)38-8-6-7-34(25-38)29-50-49(54)51-41-19-21-43(22-20-41)57-42-9-4-3-5-10-42/h3-22,25-27,44-45,48,53H,23-24,28-32H2,1-2H3,(H2,50,51,54)/t44-,45+,48+/m0/s1. The average Bonchev–Trinajstić information content (AvgIpc) is 3.29. The van der Waals surface area contributed by atoms with E-state index in [2.05, 4.69) is 64.1 Å². The maximum atomic E-state index is 12.8. The van der Waals surface area contributed by atoms with Crippen LogP contribution in [0.5, 0.6) is 23.0 Å². The number of benzene rings is 6. The molecule has 0 saturated carbocycles. The molecule has 3 atom stereocenters. The van der Waals surface area contributed by atoms with Gasteiger partial charge in [-0.2, -0.15) is 0 Å². The zero-order valence-corrected chi connectivity index (χ0v) is 33.3. The first-order valence-electron chi connectivity index (χ1n) is 20.0. The van der Waals surface area contributed by atoms with Crippen molar-refractivity contribution in [3.8, 4) is 34.1 Å². The van der Waals surface area contributed by atoms with Crippen molar-refractivity contribution in [1.82, 2.24) is 10.2 Å². The van der Waals surface area contributed by atoms with Gasteiger partial charge in [0.05, 0.1) is 33.0 Å². The fraction of sp³-hybridized carbons (Fsp3) is 0.245. The van der Waals surface area contributed by atoms with Gasteiger partial charge in [-0.25, -0.2) is 4.79 Å². The molecule has 10 heteroatoms. The number of fused-ring (bicyclic) bond motifs is 1. The molecule has 59 heavy (non-hydrogen) atoms. The third-order valence-electron chi connectivity index (χ3n) is 10.9. The number of hydrogen-bond acceptors (Lipinski definition) is 8. The molecule has 0 aliphatic carbocycles. The molecule has 0 radical (unpaired) electrons. The number of para-hydroxylation sites is 1. The number of carbonyl (C=O) groups is 1. The molecule has 2 heterocycles. The number of hydrogen-bond donors (Lipinski definition) is 3. The Labute approximate surface area is 345 Å². The van der Waals surface area contributed by atoms with Gasteiger partial charge in [0.1, 0.15) is 11.5 Å². The zero-order chi connectivity index (χ0) is 40.6. The van der Waals surface area contributed by atoms with Gasteiger partial charge in [0.2, 0.25) is 0 Å². The minimum absolute atomic E-state index is 0.00400. The van der Waals surface area contributed by atoms with Crippen LogP contribution in [-0.2, 0) is 35.6 Å². The molecule has 1 fully saturated rings. The molecule has 8 rings (SSSR count). The summed E-state index contributed by atoms with van der Waals surface area (Å²) in [5.74, 6) is 2.94. The lowest BCUT2D eigenvalue weighted by Gasteiger charge is -2.39. The van der Waals surface area contributed by atoms with E-state index in [0.29, 0.717) is 24.4 Å². The van der Waals surface area contributed by atoms with Crippen molar-refractivity contribution in [2.45, 2.75) is 51.0 Å². The fourth-order valence-electron chi connectivity index (χ4n) is 7.70. The van der Waals surface area contributed by atoms with Crippen molar-refractivity contribution in [3.05, 3.63) is 173 Å². The summed E-state index contributed by atoms with van der Waals surface area (Å²) in [6.07, 6.45) is 0.806. The molecule has 2 aliphatic rings. The topological polar surface area (TPSA) is 111 Å². The molecule has 0 bridgehead atoms. The third-order valence-corrected chi connectivity index (χ3v) is 10.9. The van der Waals surface area contributed by atoms with Crippen molar-refractivity contribution >= 4 is 11.7 Å². The number of ether oxygens (including phenoxy) is 5. The van der Waals surface area contributed by atoms with Gasteiger partial charge in [-0.15, -0.1) is 0 Å². The lowest BCUT2D eigenvalue weighted by atomic mass is 9.96. The lowest BCUT2D eigenvalue weighted by Crippen LogP contribution is -2.41. The van der Waals surface area contributed by atoms with Gasteiger partial charge in [-0.05, 0) is 100.0 Å². The van der Waals surface area contributed by atoms with Crippen molar-refractivity contribution in [2.24, 2.45) is 0 Å². The normalized spacial score (nSPS) is 17.7. The van der Waals surface area contributed by atoms with E-state index in [0.717, 1.165) is 76.7 Å². The van der Waals surface area contributed by atoms with E-state index in [9.17, 15) is 9.90 Å². The number of urea groups is 1. The second kappa shape index (κ2) is 18.6. The van der Waals surface area contributed by atoms with E-state index in [1.807, 2.05) is 91.0 Å². The van der Waals surface area contributed by atoms with E-state index < -0.39 is 6.29 Å². The van der Waals surface area contributed by atoms with Crippen LogP contribution < -0.4 is 24.8 Å². The highest BCUT2D eigenvalue weighted by atomic mass is 16.7. The van der Waals surface area contributed by atoms with Gasteiger partial charge in [-0.3, -0.25) is 4.90 Å². The first kappa shape index (κ1) is 39.6. The fourth-order valence-corrected chi connectivity index (χ4v) is 7.70. The minimum Gasteiger partial charge on any atom is -0.493 e. The van der Waals surface area contributed by atoms with Crippen LogP contribution in [0.15, 0.2) is 140 Å². The van der Waals surface area contributed by atoms with Gasteiger partial charge in [-0.1, -0.05) is 84.9 Å². The summed E-state index contributed by atoms with van der Waals surface area (Å²) in [4.78, 5) is 15.2. The van der Waals surface area contributed by atoms with Crippen molar-refractivity contribution in [2.75, 3.05) is 32.6 Å². The average molecular weight is 792 g/mol. The third kappa shape index (κ3) is 9.93. The van der Waals surface area contributed by atoms with Gasteiger partial charge in [0, 0.05) is 43.9 Å². The number of amides is 2. The number of aliphatic hydroxyl groups excluding tert-OH is 1. The van der Waals surface area contributed by atoms with E-state index in [-0.39, 0.29) is 24.8 Å². The predicted octanol–water partition coefficient (Wildman–Crippen LogP) is 9.58. The second-order valence-electron chi connectivity index (χ2n) is 14.9. The number of aliphatic hydroxyl groups is 1. The van der Waals surface area contributed by atoms with Crippen LogP contribution in [0.1, 0.15) is 52.2 Å². The molecule has 0 spiro atoms. The Morgan fingerprint density at radius 3 is 2.17 bits per heavy atom. The Morgan fingerprint density at radius 1 is 0.729 bits per heavy atom. The maximum absolute atomic E-state index is 12.8. The number of methoxy groups -OCH3 is 2. The number of rotatable bonds is 13. The molecular formula is C49H49N3O7. The monoisotopic (exact) mass is 791 g/mol. The highest BCUT2D eigenvalue weighted by Gasteiger charge is 2.34. The molecule has 3 N–H and O–H groups in total. The maximum Gasteiger partial charge on any atom is 0.319 e. The molecule has 302 valence electrons. The van der Waals surface area contributed by atoms with Gasteiger partial charge in [0.25, 0.3) is 0 Å². The minimum atomic E-state index is -0.562. The predicted molar refractivity (Wildman–Crippen MR) is 228 cm³/mol. The largest absolute Gasteiger partial charge is 0.493 e. The molecule has 6 aromatic rings. The molecule has 2 aliphatic heterocycles. The molecule has 0 aromatic heterocycles. The van der Waals surface area contributed by atoms with Crippen molar-refractivity contribution in [3.63, 3.8) is 0 Å². The van der Waals surface area contributed by atoms with Crippen molar-refractivity contribution < 1.29 is 33.6 Å². The highest BCUT2D eigenvalue weighted by molar-refractivity contribution is 5.89. The Kier molecular flexibility index (Phi) is 12.5. The van der Waals surface area contributed by atoms with E-state index in [4.69, 9.17) is 23.7 Å².